The Morgan fingerprint density at radius 1 is 1.35 bits per heavy atom. The number of anilines is 1. The quantitative estimate of drug-likeness (QED) is 0.883. The number of nitrogens with one attached hydrogen (secondary N) is 1. The summed E-state index contributed by atoms with van der Waals surface area (Å²) in [6.07, 6.45) is -3.37. The third kappa shape index (κ3) is 4.30. The molecule has 11 heteroatoms. The number of alkyl halides is 3. The van der Waals surface area contributed by atoms with E-state index in [9.17, 15) is 22.8 Å². The molecule has 1 atom stereocenters. The number of carbonyl (C=O) groups is 2. The SMILES string of the molecule is CN(C)C(=O)N1CCCC(C(=O)Nc2nnc(C(F)(F)F)s2)C1. The van der Waals surface area contributed by atoms with Gasteiger partial charge in [0, 0.05) is 27.2 Å². The number of urea groups is 1. The number of nitrogens with zero attached hydrogens (tertiary/aromatic N) is 4. The maximum Gasteiger partial charge on any atom is 0.445 e. The number of carbonyl (C=O) groups excluding carboxylic acids is 2. The zero-order valence-corrected chi connectivity index (χ0v) is 13.4. The van der Waals surface area contributed by atoms with Crippen molar-refractivity contribution in [3.8, 4) is 0 Å². The summed E-state index contributed by atoms with van der Waals surface area (Å²) in [5.41, 5.74) is 0. The minimum absolute atomic E-state index is 0.196. The number of likely N-dealkylation sites (tertiary alicyclic amines) is 1. The Labute approximate surface area is 134 Å². The number of halogens is 3. The predicted molar refractivity (Wildman–Crippen MR) is 76.9 cm³/mol. The second-order valence-corrected chi connectivity index (χ2v) is 6.34. The van der Waals surface area contributed by atoms with Crippen LogP contribution in [0.15, 0.2) is 0 Å². The fraction of sp³-hybridized carbons (Fsp3) is 0.667. The average Bonchev–Trinajstić information content (AvgIpc) is 2.95. The fourth-order valence-electron chi connectivity index (χ4n) is 2.24. The first-order valence-electron chi connectivity index (χ1n) is 6.86. The highest BCUT2D eigenvalue weighted by Crippen LogP contribution is 2.33. The Kier molecular flexibility index (Phi) is 5.07. The molecule has 0 saturated carbocycles. The number of hydrogen-bond acceptors (Lipinski definition) is 5. The topological polar surface area (TPSA) is 78.4 Å². The van der Waals surface area contributed by atoms with Crippen molar-refractivity contribution in [1.82, 2.24) is 20.0 Å². The van der Waals surface area contributed by atoms with Crippen LogP contribution in [-0.4, -0.2) is 59.1 Å². The van der Waals surface area contributed by atoms with Crippen LogP contribution < -0.4 is 5.32 Å². The van der Waals surface area contributed by atoms with Crippen LogP contribution in [0.3, 0.4) is 0 Å². The van der Waals surface area contributed by atoms with Crippen molar-refractivity contribution in [3.05, 3.63) is 5.01 Å². The molecule has 128 valence electrons. The zero-order valence-electron chi connectivity index (χ0n) is 12.6. The molecular formula is C12H16F3N5O2S. The van der Waals surface area contributed by atoms with Gasteiger partial charge in [-0.1, -0.05) is 11.3 Å². The Morgan fingerprint density at radius 3 is 2.61 bits per heavy atom. The predicted octanol–water partition coefficient (Wildman–Crippen LogP) is 1.89. The molecule has 1 N–H and O–H groups in total. The van der Waals surface area contributed by atoms with E-state index in [1.54, 1.807) is 19.0 Å². The maximum atomic E-state index is 12.5. The lowest BCUT2D eigenvalue weighted by molar-refractivity contribution is -0.138. The molecular weight excluding hydrogens is 335 g/mol. The molecule has 0 bridgehead atoms. The summed E-state index contributed by atoms with van der Waals surface area (Å²) >= 11 is 0.276. The molecule has 2 heterocycles. The van der Waals surface area contributed by atoms with Gasteiger partial charge < -0.3 is 15.1 Å². The van der Waals surface area contributed by atoms with Gasteiger partial charge in [0.15, 0.2) is 0 Å². The molecule has 23 heavy (non-hydrogen) atoms. The lowest BCUT2D eigenvalue weighted by Gasteiger charge is -2.33. The van der Waals surface area contributed by atoms with Crippen LogP contribution in [0.4, 0.5) is 23.1 Å². The molecule has 1 aliphatic rings. The van der Waals surface area contributed by atoms with Crippen molar-refractivity contribution in [1.29, 1.82) is 0 Å². The monoisotopic (exact) mass is 351 g/mol. The van der Waals surface area contributed by atoms with E-state index in [4.69, 9.17) is 0 Å². The van der Waals surface area contributed by atoms with E-state index in [1.807, 2.05) is 0 Å². The molecule has 1 fully saturated rings. The molecule has 2 rings (SSSR count). The Balaban J connectivity index is 1.97. The summed E-state index contributed by atoms with van der Waals surface area (Å²) in [5.74, 6) is -0.933. The fourth-order valence-corrected chi connectivity index (χ4v) is 2.86. The third-order valence-corrected chi connectivity index (χ3v) is 4.23. The van der Waals surface area contributed by atoms with Gasteiger partial charge in [-0.15, -0.1) is 10.2 Å². The molecule has 1 saturated heterocycles. The summed E-state index contributed by atoms with van der Waals surface area (Å²) in [6, 6.07) is -0.197. The number of hydrogen-bond donors (Lipinski definition) is 1. The van der Waals surface area contributed by atoms with E-state index in [1.165, 1.54) is 4.90 Å². The summed E-state index contributed by atoms with van der Waals surface area (Å²) in [4.78, 5) is 27.0. The van der Waals surface area contributed by atoms with Crippen LogP contribution in [0.5, 0.6) is 0 Å². The van der Waals surface area contributed by atoms with Crippen molar-refractivity contribution in [2.45, 2.75) is 19.0 Å². The number of amides is 3. The van der Waals surface area contributed by atoms with E-state index >= 15 is 0 Å². The summed E-state index contributed by atoms with van der Waals surface area (Å²) in [5, 5.41) is 7.38. The Bertz CT molecular complexity index is 589. The van der Waals surface area contributed by atoms with Crippen molar-refractivity contribution in [2.75, 3.05) is 32.5 Å². The largest absolute Gasteiger partial charge is 0.445 e. The number of piperidine rings is 1. The van der Waals surface area contributed by atoms with E-state index in [0.717, 1.165) is 0 Å². The van der Waals surface area contributed by atoms with Gasteiger partial charge in [0.25, 0.3) is 0 Å². The molecule has 1 unspecified atom stereocenters. The van der Waals surface area contributed by atoms with Gasteiger partial charge in [0.1, 0.15) is 0 Å². The van der Waals surface area contributed by atoms with Crippen molar-refractivity contribution >= 4 is 28.4 Å². The van der Waals surface area contributed by atoms with Crippen LogP contribution >= 0.6 is 11.3 Å². The smallest absolute Gasteiger partial charge is 0.331 e. The van der Waals surface area contributed by atoms with E-state index < -0.39 is 23.0 Å². The van der Waals surface area contributed by atoms with Gasteiger partial charge in [-0.3, -0.25) is 4.79 Å². The first-order valence-corrected chi connectivity index (χ1v) is 7.68. The summed E-state index contributed by atoms with van der Waals surface area (Å²) in [6.45, 7) is 0.783. The molecule has 0 spiro atoms. The first-order chi connectivity index (χ1) is 10.7. The van der Waals surface area contributed by atoms with Crippen LogP contribution in [-0.2, 0) is 11.0 Å². The highest BCUT2D eigenvalue weighted by molar-refractivity contribution is 7.15. The Morgan fingerprint density at radius 2 is 2.04 bits per heavy atom. The zero-order chi connectivity index (χ0) is 17.2. The summed E-state index contributed by atoms with van der Waals surface area (Å²) < 4.78 is 37.4. The van der Waals surface area contributed by atoms with Gasteiger partial charge in [-0.05, 0) is 12.8 Å². The highest BCUT2D eigenvalue weighted by atomic mass is 32.1. The van der Waals surface area contributed by atoms with Gasteiger partial charge in [-0.2, -0.15) is 13.2 Å². The maximum absolute atomic E-state index is 12.5. The van der Waals surface area contributed by atoms with E-state index in [-0.39, 0.29) is 29.0 Å². The molecule has 3 amide bonds. The molecule has 1 aromatic heterocycles. The van der Waals surface area contributed by atoms with E-state index in [2.05, 4.69) is 15.5 Å². The van der Waals surface area contributed by atoms with Crippen LogP contribution in [0.1, 0.15) is 17.8 Å². The second-order valence-electron chi connectivity index (χ2n) is 5.36. The molecule has 7 nitrogen and oxygen atoms in total. The second kappa shape index (κ2) is 6.69. The van der Waals surface area contributed by atoms with Crippen LogP contribution in [0.25, 0.3) is 0 Å². The van der Waals surface area contributed by atoms with Gasteiger partial charge in [0.05, 0.1) is 5.92 Å². The van der Waals surface area contributed by atoms with Gasteiger partial charge in [0.2, 0.25) is 16.0 Å². The lowest BCUT2D eigenvalue weighted by Crippen LogP contribution is -2.47. The molecule has 0 aliphatic carbocycles. The van der Waals surface area contributed by atoms with Crippen molar-refractivity contribution in [2.24, 2.45) is 5.92 Å². The Hall–Kier alpha value is -1.91. The van der Waals surface area contributed by atoms with Crippen LogP contribution in [0, 0.1) is 5.92 Å². The van der Waals surface area contributed by atoms with Crippen molar-refractivity contribution < 1.29 is 22.8 Å². The third-order valence-electron chi connectivity index (χ3n) is 3.34. The molecule has 1 aliphatic heterocycles. The summed E-state index contributed by atoms with van der Waals surface area (Å²) in [7, 11) is 3.23. The van der Waals surface area contributed by atoms with Gasteiger partial charge >= 0.3 is 12.2 Å². The molecule has 0 radical (unpaired) electrons. The van der Waals surface area contributed by atoms with Crippen molar-refractivity contribution in [3.63, 3.8) is 0 Å². The standard InChI is InChI=1S/C12H16F3N5O2S/c1-19(2)11(22)20-5-3-4-7(6-20)8(21)16-10-18-17-9(23-10)12(13,14)15/h7H,3-6H2,1-2H3,(H,16,18,21). The van der Waals surface area contributed by atoms with Gasteiger partial charge in [-0.25, -0.2) is 4.79 Å². The van der Waals surface area contributed by atoms with E-state index in [0.29, 0.717) is 19.4 Å². The first kappa shape index (κ1) is 17.4. The van der Waals surface area contributed by atoms with Crippen LogP contribution in [0.2, 0.25) is 0 Å². The minimum atomic E-state index is -4.58. The lowest BCUT2D eigenvalue weighted by atomic mass is 9.97. The average molecular weight is 351 g/mol. The normalized spacial score (nSPS) is 18.7. The number of aromatic nitrogens is 2. The minimum Gasteiger partial charge on any atom is -0.331 e. The number of rotatable bonds is 2. The molecule has 0 aromatic carbocycles. The highest BCUT2D eigenvalue weighted by Gasteiger charge is 2.36. The molecule has 1 aromatic rings.